The summed E-state index contributed by atoms with van der Waals surface area (Å²) < 4.78 is 13.5. The van der Waals surface area contributed by atoms with Crippen molar-refractivity contribution in [2.24, 2.45) is 11.7 Å². The Labute approximate surface area is 100 Å². The predicted octanol–water partition coefficient (Wildman–Crippen LogP) is 1.73. The first kappa shape index (κ1) is 13.2. The van der Waals surface area contributed by atoms with Gasteiger partial charge in [0.2, 0.25) is 5.91 Å². The molecule has 0 heterocycles. The van der Waals surface area contributed by atoms with Crippen LogP contribution in [0.1, 0.15) is 19.4 Å². The lowest BCUT2D eigenvalue weighted by Crippen LogP contribution is -2.17. The van der Waals surface area contributed by atoms with Gasteiger partial charge in [0.15, 0.2) is 0 Å². The first-order valence-electron chi connectivity index (χ1n) is 5.34. The Bertz CT molecular complexity index is 472. The molecule has 1 aromatic carbocycles. The van der Waals surface area contributed by atoms with Crippen LogP contribution in [0.2, 0.25) is 0 Å². The van der Waals surface area contributed by atoms with Crippen LogP contribution < -0.4 is 11.1 Å². The highest BCUT2D eigenvalue weighted by Gasteiger charge is 2.08. The molecule has 0 fully saturated rings. The van der Waals surface area contributed by atoms with Crippen LogP contribution in [0.4, 0.5) is 10.1 Å². The molecule has 0 aliphatic heterocycles. The lowest BCUT2D eigenvalue weighted by atomic mass is 10.1. The van der Waals surface area contributed by atoms with Crippen molar-refractivity contribution in [1.29, 1.82) is 0 Å². The molecular weight excluding hydrogens is 219 g/mol. The average Bonchev–Trinajstić information content (AvgIpc) is 2.28. The fraction of sp³-hybridized carbons (Fsp3) is 0.308. The van der Waals surface area contributed by atoms with Gasteiger partial charge in [-0.05, 0) is 18.2 Å². The van der Waals surface area contributed by atoms with Crippen molar-refractivity contribution < 1.29 is 9.18 Å². The quantitative estimate of drug-likeness (QED) is 0.766. The van der Waals surface area contributed by atoms with E-state index in [-0.39, 0.29) is 23.9 Å². The molecule has 0 bridgehead atoms. The minimum atomic E-state index is -0.465. The first-order chi connectivity index (χ1) is 8.04. The normalized spacial score (nSPS) is 9.71. The van der Waals surface area contributed by atoms with Crippen LogP contribution in [0, 0.1) is 23.6 Å². The summed E-state index contributed by atoms with van der Waals surface area (Å²) in [4.78, 5) is 11.4. The molecular formula is C13H15FN2O. The maximum atomic E-state index is 13.5. The molecule has 1 amide bonds. The van der Waals surface area contributed by atoms with Gasteiger partial charge in [-0.1, -0.05) is 25.7 Å². The summed E-state index contributed by atoms with van der Waals surface area (Å²) in [6, 6.07) is 4.39. The highest BCUT2D eigenvalue weighted by Crippen LogP contribution is 2.14. The number of nitrogens with two attached hydrogens (primary N) is 1. The molecule has 0 aromatic heterocycles. The van der Waals surface area contributed by atoms with Gasteiger partial charge < -0.3 is 11.1 Å². The van der Waals surface area contributed by atoms with Gasteiger partial charge in [-0.25, -0.2) is 4.39 Å². The standard InChI is InChI=1S/C13H15FN2O/c1-9(2)13(17)16-11-6-5-10(4-3-7-15)12(14)8-11/h5-6,8-9H,7,15H2,1-2H3,(H,16,17). The van der Waals surface area contributed by atoms with Crippen molar-refractivity contribution in [1.82, 2.24) is 0 Å². The van der Waals surface area contributed by atoms with Crippen LogP contribution in [-0.2, 0) is 4.79 Å². The van der Waals surface area contributed by atoms with Crippen molar-refractivity contribution >= 4 is 11.6 Å². The maximum Gasteiger partial charge on any atom is 0.226 e. The van der Waals surface area contributed by atoms with Gasteiger partial charge >= 0.3 is 0 Å². The largest absolute Gasteiger partial charge is 0.326 e. The smallest absolute Gasteiger partial charge is 0.226 e. The summed E-state index contributed by atoms with van der Waals surface area (Å²) in [5.41, 5.74) is 5.91. The van der Waals surface area contributed by atoms with Crippen molar-refractivity contribution in [2.45, 2.75) is 13.8 Å². The lowest BCUT2D eigenvalue weighted by Gasteiger charge is -2.07. The molecule has 3 nitrogen and oxygen atoms in total. The van der Waals surface area contributed by atoms with E-state index in [0.717, 1.165) is 0 Å². The summed E-state index contributed by atoms with van der Waals surface area (Å²) in [6.45, 7) is 3.73. The zero-order chi connectivity index (χ0) is 12.8. The van der Waals surface area contributed by atoms with Gasteiger partial charge in [0, 0.05) is 11.6 Å². The molecule has 0 radical (unpaired) electrons. The second-order valence-corrected chi connectivity index (χ2v) is 3.84. The van der Waals surface area contributed by atoms with Crippen molar-refractivity contribution in [3.05, 3.63) is 29.6 Å². The third kappa shape index (κ3) is 3.89. The lowest BCUT2D eigenvalue weighted by molar-refractivity contribution is -0.118. The Hall–Kier alpha value is -1.86. The molecule has 0 saturated carbocycles. The molecule has 0 saturated heterocycles. The number of carbonyl (C=O) groups excluding carboxylic acids is 1. The fourth-order valence-corrected chi connectivity index (χ4v) is 1.13. The van der Waals surface area contributed by atoms with Gasteiger partial charge in [-0.3, -0.25) is 4.79 Å². The van der Waals surface area contributed by atoms with E-state index in [1.165, 1.54) is 12.1 Å². The summed E-state index contributed by atoms with van der Waals surface area (Å²) >= 11 is 0. The maximum absolute atomic E-state index is 13.5. The van der Waals surface area contributed by atoms with Crippen molar-refractivity contribution in [3.63, 3.8) is 0 Å². The summed E-state index contributed by atoms with van der Waals surface area (Å²) in [5.74, 6) is 4.43. The zero-order valence-corrected chi connectivity index (χ0v) is 9.88. The third-order valence-electron chi connectivity index (χ3n) is 2.09. The summed E-state index contributed by atoms with van der Waals surface area (Å²) in [5, 5.41) is 2.61. The van der Waals surface area contributed by atoms with Crippen molar-refractivity contribution in [3.8, 4) is 11.8 Å². The predicted molar refractivity (Wildman–Crippen MR) is 65.8 cm³/mol. The second kappa shape index (κ2) is 6.02. The van der Waals surface area contributed by atoms with Gasteiger partial charge in [-0.15, -0.1) is 0 Å². The van der Waals surface area contributed by atoms with Crippen LogP contribution in [-0.4, -0.2) is 12.5 Å². The van der Waals surface area contributed by atoms with Gasteiger partial charge in [-0.2, -0.15) is 0 Å². The number of nitrogens with one attached hydrogen (secondary N) is 1. The number of anilines is 1. The van der Waals surface area contributed by atoms with Gasteiger partial charge in [0.1, 0.15) is 5.82 Å². The van der Waals surface area contributed by atoms with E-state index in [1.54, 1.807) is 19.9 Å². The Morgan fingerprint density at radius 1 is 1.53 bits per heavy atom. The number of rotatable bonds is 2. The molecule has 1 rings (SSSR count). The molecule has 0 unspecified atom stereocenters. The average molecular weight is 234 g/mol. The highest BCUT2D eigenvalue weighted by molar-refractivity contribution is 5.92. The van der Waals surface area contributed by atoms with E-state index >= 15 is 0 Å². The zero-order valence-electron chi connectivity index (χ0n) is 9.88. The number of amides is 1. The molecule has 3 N–H and O–H groups in total. The van der Waals surface area contributed by atoms with Crippen LogP contribution in [0.3, 0.4) is 0 Å². The van der Waals surface area contributed by atoms with E-state index in [2.05, 4.69) is 17.2 Å². The van der Waals surface area contributed by atoms with E-state index in [4.69, 9.17) is 5.73 Å². The monoisotopic (exact) mass is 234 g/mol. The van der Waals surface area contributed by atoms with Gasteiger partial charge in [0.05, 0.1) is 12.1 Å². The molecule has 1 aromatic rings. The van der Waals surface area contributed by atoms with Gasteiger partial charge in [0.25, 0.3) is 0 Å². The van der Waals surface area contributed by atoms with E-state index in [9.17, 15) is 9.18 Å². The van der Waals surface area contributed by atoms with E-state index in [0.29, 0.717) is 5.69 Å². The van der Waals surface area contributed by atoms with Crippen LogP contribution in [0.15, 0.2) is 18.2 Å². The Kier molecular flexibility index (Phi) is 4.68. The number of benzene rings is 1. The molecule has 90 valence electrons. The SMILES string of the molecule is CC(C)C(=O)Nc1ccc(C#CCN)c(F)c1. The Morgan fingerprint density at radius 3 is 2.76 bits per heavy atom. The molecule has 4 heteroatoms. The third-order valence-corrected chi connectivity index (χ3v) is 2.09. The minimum absolute atomic E-state index is 0.144. The summed E-state index contributed by atoms with van der Waals surface area (Å²) in [6.07, 6.45) is 0. The number of hydrogen-bond acceptors (Lipinski definition) is 2. The van der Waals surface area contributed by atoms with Crippen LogP contribution in [0.5, 0.6) is 0 Å². The number of carbonyl (C=O) groups is 1. The fourth-order valence-electron chi connectivity index (χ4n) is 1.13. The molecule has 0 atom stereocenters. The Morgan fingerprint density at radius 2 is 2.24 bits per heavy atom. The van der Waals surface area contributed by atoms with Crippen molar-refractivity contribution in [2.75, 3.05) is 11.9 Å². The number of halogens is 1. The van der Waals surface area contributed by atoms with Crippen LogP contribution in [0.25, 0.3) is 0 Å². The Balaban J connectivity index is 2.86. The first-order valence-corrected chi connectivity index (χ1v) is 5.34. The molecule has 0 aliphatic carbocycles. The minimum Gasteiger partial charge on any atom is -0.326 e. The molecule has 0 aliphatic rings. The molecule has 0 spiro atoms. The van der Waals surface area contributed by atoms with E-state index < -0.39 is 5.82 Å². The molecule has 17 heavy (non-hydrogen) atoms. The topological polar surface area (TPSA) is 55.1 Å². The highest BCUT2D eigenvalue weighted by atomic mass is 19.1. The number of hydrogen-bond donors (Lipinski definition) is 2. The summed E-state index contributed by atoms with van der Waals surface area (Å²) in [7, 11) is 0. The second-order valence-electron chi connectivity index (χ2n) is 3.84. The van der Waals surface area contributed by atoms with Crippen LogP contribution >= 0.6 is 0 Å². The van der Waals surface area contributed by atoms with E-state index in [1.807, 2.05) is 0 Å².